The van der Waals surface area contributed by atoms with E-state index in [0.717, 1.165) is 27.8 Å². The molecule has 7 nitrogen and oxygen atoms in total. The summed E-state index contributed by atoms with van der Waals surface area (Å²) in [6.07, 6.45) is -4.76. The summed E-state index contributed by atoms with van der Waals surface area (Å²) >= 11 is 0. The number of methoxy groups -OCH3 is 1. The van der Waals surface area contributed by atoms with Crippen LogP contribution >= 0.6 is 0 Å². The molecule has 0 N–H and O–H groups in total. The average Bonchev–Trinajstić information content (AvgIpc) is 2.84. The van der Waals surface area contributed by atoms with Crippen molar-refractivity contribution in [2.24, 2.45) is 0 Å². The number of aromatic nitrogens is 2. The van der Waals surface area contributed by atoms with Gasteiger partial charge in [0.15, 0.2) is 5.82 Å². The summed E-state index contributed by atoms with van der Waals surface area (Å²) in [5, 5.41) is 8.49. The Labute approximate surface area is 189 Å². The van der Waals surface area contributed by atoms with Crippen LogP contribution in [0.1, 0.15) is 5.56 Å². The fourth-order valence-electron chi connectivity index (χ4n) is 3.63. The lowest BCUT2D eigenvalue weighted by molar-refractivity contribution is -0.139. The third-order valence-corrected chi connectivity index (χ3v) is 7.37. The van der Waals surface area contributed by atoms with E-state index in [9.17, 15) is 21.6 Å². The molecule has 0 aliphatic carbocycles. The molecule has 174 valence electrons. The standard InChI is InChI=1S/C22H21F3N4O3S/c1-32-17-8-6-16(7-9-17)19-10-11-21(27-26-19)28-12-14-29(15-13-28)33(30,31)20-5-3-2-4-18(20)22(23,24)25/h2-11H,12-15H2,1H3. The lowest BCUT2D eigenvalue weighted by Crippen LogP contribution is -2.49. The third kappa shape index (κ3) is 4.79. The van der Waals surface area contributed by atoms with Crippen LogP contribution in [0.25, 0.3) is 11.3 Å². The Hall–Kier alpha value is -3.18. The first-order valence-corrected chi connectivity index (χ1v) is 11.5. The minimum atomic E-state index is -4.76. The van der Waals surface area contributed by atoms with Gasteiger partial charge in [-0.05, 0) is 48.5 Å². The van der Waals surface area contributed by atoms with Crippen LogP contribution in [0.3, 0.4) is 0 Å². The minimum Gasteiger partial charge on any atom is -0.497 e. The summed E-state index contributed by atoms with van der Waals surface area (Å²) in [6, 6.07) is 15.2. The highest BCUT2D eigenvalue weighted by atomic mass is 32.2. The molecule has 1 aromatic heterocycles. The Bertz CT molecular complexity index is 1210. The van der Waals surface area contributed by atoms with Gasteiger partial charge in [-0.1, -0.05) is 12.1 Å². The number of benzene rings is 2. The second-order valence-electron chi connectivity index (χ2n) is 7.39. The fourth-order valence-corrected chi connectivity index (χ4v) is 5.27. The number of ether oxygens (including phenoxy) is 1. The average molecular weight is 478 g/mol. The second-order valence-corrected chi connectivity index (χ2v) is 9.30. The second kappa shape index (κ2) is 8.99. The molecule has 1 fully saturated rings. The van der Waals surface area contributed by atoms with Crippen molar-refractivity contribution in [3.63, 3.8) is 0 Å². The Morgan fingerprint density at radius 3 is 2.12 bits per heavy atom. The normalized spacial score (nSPS) is 15.5. The molecule has 2 heterocycles. The van der Waals surface area contributed by atoms with Gasteiger partial charge in [-0.25, -0.2) is 8.42 Å². The van der Waals surface area contributed by atoms with E-state index in [4.69, 9.17) is 4.74 Å². The lowest BCUT2D eigenvalue weighted by Gasteiger charge is -2.34. The maximum absolute atomic E-state index is 13.3. The van der Waals surface area contributed by atoms with Gasteiger partial charge in [0.05, 0.1) is 23.3 Å². The van der Waals surface area contributed by atoms with E-state index in [2.05, 4.69) is 10.2 Å². The van der Waals surface area contributed by atoms with Crippen LogP contribution < -0.4 is 9.64 Å². The number of sulfonamides is 1. The minimum absolute atomic E-state index is 0.0381. The molecule has 0 atom stereocenters. The lowest BCUT2D eigenvalue weighted by atomic mass is 10.1. The van der Waals surface area contributed by atoms with Gasteiger partial charge in [0.1, 0.15) is 5.75 Å². The van der Waals surface area contributed by atoms with Crippen molar-refractivity contribution < 1.29 is 26.3 Å². The zero-order valence-electron chi connectivity index (χ0n) is 17.7. The van der Waals surface area contributed by atoms with Crippen molar-refractivity contribution in [3.05, 3.63) is 66.2 Å². The molecule has 1 saturated heterocycles. The molecule has 4 rings (SSSR count). The summed E-state index contributed by atoms with van der Waals surface area (Å²) in [4.78, 5) is 1.13. The fraction of sp³-hybridized carbons (Fsp3) is 0.273. The first-order valence-electron chi connectivity index (χ1n) is 10.1. The molecule has 0 spiro atoms. The molecular weight excluding hydrogens is 457 g/mol. The van der Waals surface area contributed by atoms with Gasteiger partial charge >= 0.3 is 6.18 Å². The number of nitrogens with zero attached hydrogens (tertiary/aromatic N) is 4. The van der Waals surface area contributed by atoms with Gasteiger partial charge in [0.25, 0.3) is 0 Å². The number of rotatable bonds is 5. The Morgan fingerprint density at radius 2 is 1.55 bits per heavy atom. The molecule has 1 aliphatic rings. The Balaban J connectivity index is 1.46. The SMILES string of the molecule is COc1ccc(-c2ccc(N3CCN(S(=O)(=O)c4ccccc4C(F)(F)F)CC3)nn2)cc1. The quantitative estimate of drug-likeness (QED) is 0.557. The summed E-state index contributed by atoms with van der Waals surface area (Å²) < 4.78 is 72.0. The molecule has 0 saturated carbocycles. The topological polar surface area (TPSA) is 75.6 Å². The molecule has 11 heteroatoms. The highest BCUT2D eigenvalue weighted by molar-refractivity contribution is 7.89. The molecule has 2 aromatic carbocycles. The Morgan fingerprint density at radius 1 is 0.879 bits per heavy atom. The molecule has 0 unspecified atom stereocenters. The molecule has 1 aliphatic heterocycles. The van der Waals surface area contributed by atoms with E-state index in [1.165, 1.54) is 12.1 Å². The zero-order chi connectivity index (χ0) is 23.6. The third-order valence-electron chi connectivity index (χ3n) is 5.41. The summed E-state index contributed by atoms with van der Waals surface area (Å²) in [5.74, 6) is 1.30. The number of hydrogen-bond donors (Lipinski definition) is 0. The molecule has 0 amide bonds. The number of piperazine rings is 1. The maximum atomic E-state index is 13.3. The summed E-state index contributed by atoms with van der Waals surface area (Å²) in [6.45, 7) is 0.640. The van der Waals surface area contributed by atoms with Crippen LogP contribution in [0.5, 0.6) is 5.75 Å². The molecule has 0 bridgehead atoms. The summed E-state index contributed by atoms with van der Waals surface area (Å²) in [5.41, 5.74) is 0.382. The van der Waals surface area contributed by atoms with E-state index in [0.29, 0.717) is 11.5 Å². The molecule has 0 radical (unpaired) electrons. The predicted octanol–water partition coefficient (Wildman–Crippen LogP) is 3.68. The van der Waals surface area contributed by atoms with E-state index < -0.39 is 26.7 Å². The first kappa shape index (κ1) is 23.0. The van der Waals surface area contributed by atoms with Crippen molar-refractivity contribution in [2.75, 3.05) is 38.2 Å². The van der Waals surface area contributed by atoms with E-state index in [1.54, 1.807) is 13.2 Å². The smallest absolute Gasteiger partial charge is 0.417 e. The van der Waals surface area contributed by atoms with Crippen LogP contribution in [-0.4, -0.2) is 56.2 Å². The van der Waals surface area contributed by atoms with Gasteiger partial charge in [0.2, 0.25) is 10.0 Å². The van der Waals surface area contributed by atoms with Crippen molar-refractivity contribution in [1.29, 1.82) is 0 Å². The van der Waals surface area contributed by atoms with Crippen LogP contribution in [0.15, 0.2) is 65.6 Å². The van der Waals surface area contributed by atoms with Crippen molar-refractivity contribution in [2.45, 2.75) is 11.1 Å². The van der Waals surface area contributed by atoms with Crippen LogP contribution in [0.4, 0.5) is 19.0 Å². The van der Waals surface area contributed by atoms with Crippen molar-refractivity contribution in [3.8, 4) is 17.0 Å². The number of halogens is 3. The van der Waals surface area contributed by atoms with Crippen molar-refractivity contribution >= 4 is 15.8 Å². The summed E-state index contributed by atoms with van der Waals surface area (Å²) in [7, 11) is -2.70. The first-order chi connectivity index (χ1) is 15.7. The zero-order valence-corrected chi connectivity index (χ0v) is 18.5. The van der Waals surface area contributed by atoms with Gasteiger partial charge in [-0.3, -0.25) is 0 Å². The van der Waals surface area contributed by atoms with Gasteiger partial charge in [-0.2, -0.15) is 17.5 Å². The monoisotopic (exact) mass is 478 g/mol. The van der Waals surface area contributed by atoms with Gasteiger partial charge in [0, 0.05) is 31.7 Å². The van der Waals surface area contributed by atoms with E-state index in [1.807, 2.05) is 35.2 Å². The van der Waals surface area contributed by atoms with Crippen molar-refractivity contribution in [1.82, 2.24) is 14.5 Å². The highest BCUT2D eigenvalue weighted by Crippen LogP contribution is 2.35. The van der Waals surface area contributed by atoms with Gasteiger partial charge in [-0.15, -0.1) is 10.2 Å². The molecular formula is C22H21F3N4O3S. The van der Waals surface area contributed by atoms with E-state index in [-0.39, 0.29) is 26.2 Å². The van der Waals surface area contributed by atoms with Crippen LogP contribution in [0.2, 0.25) is 0 Å². The number of anilines is 1. The molecule has 33 heavy (non-hydrogen) atoms. The number of alkyl halides is 3. The van der Waals surface area contributed by atoms with E-state index >= 15 is 0 Å². The Kier molecular flexibility index (Phi) is 6.26. The highest BCUT2D eigenvalue weighted by Gasteiger charge is 2.39. The molecule has 3 aromatic rings. The largest absolute Gasteiger partial charge is 0.497 e. The maximum Gasteiger partial charge on any atom is 0.417 e. The van der Waals surface area contributed by atoms with Crippen LogP contribution in [0, 0.1) is 0 Å². The predicted molar refractivity (Wildman–Crippen MR) is 116 cm³/mol. The van der Waals surface area contributed by atoms with Crippen LogP contribution in [-0.2, 0) is 16.2 Å². The van der Waals surface area contributed by atoms with Gasteiger partial charge < -0.3 is 9.64 Å². The number of hydrogen-bond acceptors (Lipinski definition) is 6.